The van der Waals surface area contributed by atoms with Crippen LogP contribution in [0.15, 0.2) is 47.6 Å². The van der Waals surface area contributed by atoms with Gasteiger partial charge in [-0.2, -0.15) is 0 Å². The molecule has 4 rings (SSSR count). The van der Waals surface area contributed by atoms with E-state index < -0.39 is 6.10 Å². The lowest BCUT2D eigenvalue weighted by molar-refractivity contribution is 0.0945. The van der Waals surface area contributed by atoms with Gasteiger partial charge in [-0.05, 0) is 44.2 Å². The molecule has 24 heavy (non-hydrogen) atoms. The number of Topliss-reactive ketones (excluding diaryl/α,β-unsaturated/α-hetero) is 1. The Hall–Kier alpha value is -2.20. The first-order valence-corrected chi connectivity index (χ1v) is 8.46. The Morgan fingerprint density at radius 1 is 1.33 bits per heavy atom. The Balaban J connectivity index is 1.82. The number of para-hydroxylation sites is 1. The lowest BCUT2D eigenvalue weighted by Crippen LogP contribution is -2.48. The molecule has 4 nitrogen and oxygen atoms in total. The number of aromatic amines is 1. The van der Waals surface area contributed by atoms with Crippen molar-refractivity contribution < 1.29 is 9.90 Å². The van der Waals surface area contributed by atoms with Gasteiger partial charge in [-0.1, -0.05) is 24.8 Å². The average Bonchev–Trinajstić information content (AvgIpc) is 2.98. The minimum atomic E-state index is -0.547. The number of hydrogen-bond acceptors (Lipinski definition) is 3. The summed E-state index contributed by atoms with van der Waals surface area (Å²) in [6.07, 6.45) is 2.74. The SMILES string of the molecule is C=C1C(O)CC2CC1C(C(=O)c1c[nH]c3ccccc13)=NC2(C)C. The van der Waals surface area contributed by atoms with E-state index in [9.17, 15) is 9.90 Å². The van der Waals surface area contributed by atoms with Crippen molar-refractivity contribution in [2.24, 2.45) is 16.8 Å². The number of aliphatic hydroxyl groups is 1. The van der Waals surface area contributed by atoms with Crippen LogP contribution in [-0.2, 0) is 0 Å². The van der Waals surface area contributed by atoms with E-state index in [4.69, 9.17) is 4.99 Å². The molecule has 2 heterocycles. The summed E-state index contributed by atoms with van der Waals surface area (Å²) in [6, 6.07) is 7.77. The van der Waals surface area contributed by atoms with E-state index in [0.29, 0.717) is 17.7 Å². The number of ketones is 1. The maximum absolute atomic E-state index is 13.2. The van der Waals surface area contributed by atoms with Crippen LogP contribution in [0, 0.1) is 11.8 Å². The summed E-state index contributed by atoms with van der Waals surface area (Å²) in [7, 11) is 0. The summed E-state index contributed by atoms with van der Waals surface area (Å²) < 4.78 is 0. The van der Waals surface area contributed by atoms with Crippen molar-refractivity contribution >= 4 is 22.4 Å². The quantitative estimate of drug-likeness (QED) is 0.656. The van der Waals surface area contributed by atoms with Crippen molar-refractivity contribution in [1.82, 2.24) is 4.98 Å². The van der Waals surface area contributed by atoms with Crippen LogP contribution in [-0.4, -0.2) is 33.2 Å². The second-order valence-electron chi connectivity index (χ2n) is 7.54. The van der Waals surface area contributed by atoms with Gasteiger partial charge in [0, 0.05) is 28.6 Å². The first-order valence-electron chi connectivity index (χ1n) is 8.46. The topological polar surface area (TPSA) is 65.4 Å². The van der Waals surface area contributed by atoms with Crippen molar-refractivity contribution in [3.05, 3.63) is 48.2 Å². The van der Waals surface area contributed by atoms with E-state index in [1.807, 2.05) is 24.3 Å². The molecule has 3 atom stereocenters. The van der Waals surface area contributed by atoms with Crippen LogP contribution < -0.4 is 0 Å². The Labute approximate surface area is 141 Å². The highest BCUT2D eigenvalue weighted by Gasteiger charge is 2.46. The number of hydrogen-bond donors (Lipinski definition) is 2. The van der Waals surface area contributed by atoms with E-state index >= 15 is 0 Å². The number of nitrogens with one attached hydrogen (secondary N) is 1. The summed E-state index contributed by atoms with van der Waals surface area (Å²) in [5.41, 5.74) is 2.52. The van der Waals surface area contributed by atoms with E-state index in [1.165, 1.54) is 0 Å². The molecular formula is C20H22N2O2. The third kappa shape index (κ3) is 2.17. The van der Waals surface area contributed by atoms with Crippen molar-refractivity contribution in [3.8, 4) is 0 Å². The zero-order chi connectivity index (χ0) is 17.1. The Bertz CT molecular complexity index is 875. The molecule has 1 aromatic heterocycles. The number of fused-ring (bicyclic) bond motifs is 3. The van der Waals surface area contributed by atoms with Crippen LogP contribution in [0.4, 0.5) is 0 Å². The van der Waals surface area contributed by atoms with Gasteiger partial charge in [0.15, 0.2) is 0 Å². The molecule has 0 spiro atoms. The number of nitrogens with zero attached hydrogens (tertiary/aromatic N) is 1. The molecule has 4 heteroatoms. The lowest BCUT2D eigenvalue weighted by Gasteiger charge is -2.45. The largest absolute Gasteiger partial charge is 0.389 e. The minimum absolute atomic E-state index is 0.0563. The van der Waals surface area contributed by atoms with Crippen LogP contribution in [0.2, 0.25) is 0 Å². The number of H-pyrrole nitrogens is 1. The number of benzene rings is 1. The first kappa shape index (κ1) is 15.3. The number of rotatable bonds is 2. The maximum Gasteiger partial charge on any atom is 0.209 e. The molecule has 3 unspecified atom stereocenters. The predicted octanol–water partition coefficient (Wildman–Crippen LogP) is 3.53. The third-order valence-corrected chi connectivity index (χ3v) is 5.71. The van der Waals surface area contributed by atoms with Gasteiger partial charge in [-0.3, -0.25) is 9.79 Å². The molecule has 2 bridgehead atoms. The minimum Gasteiger partial charge on any atom is -0.389 e. The number of aromatic nitrogens is 1. The van der Waals surface area contributed by atoms with Crippen LogP contribution in [0.5, 0.6) is 0 Å². The Morgan fingerprint density at radius 3 is 2.88 bits per heavy atom. The summed E-state index contributed by atoms with van der Waals surface area (Å²) in [5.74, 6) is 0.0784. The lowest BCUT2D eigenvalue weighted by atomic mass is 9.65. The van der Waals surface area contributed by atoms with Gasteiger partial charge in [0.2, 0.25) is 5.78 Å². The van der Waals surface area contributed by atoms with Crippen molar-refractivity contribution in [2.45, 2.75) is 38.3 Å². The van der Waals surface area contributed by atoms with Gasteiger partial charge in [-0.25, -0.2) is 0 Å². The third-order valence-electron chi connectivity index (χ3n) is 5.71. The van der Waals surface area contributed by atoms with Gasteiger partial charge in [0.25, 0.3) is 0 Å². The van der Waals surface area contributed by atoms with E-state index in [0.717, 1.165) is 22.9 Å². The highest BCUT2D eigenvalue weighted by molar-refractivity contribution is 6.49. The summed E-state index contributed by atoms with van der Waals surface area (Å²) in [5, 5.41) is 11.3. The van der Waals surface area contributed by atoms with Gasteiger partial charge in [-0.15, -0.1) is 0 Å². The molecule has 0 saturated heterocycles. The van der Waals surface area contributed by atoms with Crippen LogP contribution in [0.3, 0.4) is 0 Å². The molecule has 124 valence electrons. The fourth-order valence-corrected chi connectivity index (χ4v) is 4.14. The predicted molar refractivity (Wildman–Crippen MR) is 95.5 cm³/mol. The van der Waals surface area contributed by atoms with Crippen LogP contribution in [0.1, 0.15) is 37.0 Å². The monoisotopic (exact) mass is 322 g/mol. The van der Waals surface area contributed by atoms with E-state index in [1.54, 1.807) is 6.20 Å². The van der Waals surface area contributed by atoms with E-state index in [2.05, 4.69) is 25.4 Å². The fraction of sp³-hybridized carbons (Fsp3) is 0.400. The molecule has 2 aliphatic rings. The fourth-order valence-electron chi connectivity index (χ4n) is 4.14. The molecule has 0 radical (unpaired) electrons. The first-order chi connectivity index (χ1) is 11.4. The highest BCUT2D eigenvalue weighted by atomic mass is 16.3. The van der Waals surface area contributed by atoms with Gasteiger partial charge >= 0.3 is 0 Å². The number of aliphatic imine (C=N–C) groups is 1. The Kier molecular flexibility index (Phi) is 3.29. The molecule has 2 N–H and O–H groups in total. The summed E-state index contributed by atoms with van der Waals surface area (Å²) in [6.45, 7) is 8.15. The molecule has 2 aromatic rings. The smallest absolute Gasteiger partial charge is 0.209 e. The zero-order valence-corrected chi connectivity index (χ0v) is 14.0. The van der Waals surface area contributed by atoms with E-state index in [-0.39, 0.29) is 23.2 Å². The normalized spacial score (nSPS) is 28.7. The molecule has 1 saturated carbocycles. The molecule has 0 amide bonds. The van der Waals surface area contributed by atoms with Crippen LogP contribution in [0.25, 0.3) is 10.9 Å². The molecule has 1 aliphatic carbocycles. The summed E-state index contributed by atoms with van der Waals surface area (Å²) in [4.78, 5) is 21.2. The average molecular weight is 322 g/mol. The summed E-state index contributed by atoms with van der Waals surface area (Å²) >= 11 is 0. The van der Waals surface area contributed by atoms with Crippen LogP contribution >= 0.6 is 0 Å². The molecule has 1 aliphatic heterocycles. The second kappa shape index (κ2) is 5.15. The number of carbonyl (C=O) groups is 1. The Morgan fingerprint density at radius 2 is 2.08 bits per heavy atom. The van der Waals surface area contributed by atoms with Crippen molar-refractivity contribution in [1.29, 1.82) is 0 Å². The van der Waals surface area contributed by atoms with Gasteiger partial charge in [0.05, 0.1) is 17.4 Å². The molecule has 1 aromatic carbocycles. The molecule has 1 fully saturated rings. The van der Waals surface area contributed by atoms with Crippen molar-refractivity contribution in [3.63, 3.8) is 0 Å². The zero-order valence-electron chi connectivity index (χ0n) is 14.0. The second-order valence-corrected chi connectivity index (χ2v) is 7.54. The number of carbonyl (C=O) groups excluding carboxylic acids is 1. The van der Waals surface area contributed by atoms with Gasteiger partial charge < -0.3 is 10.1 Å². The molecular weight excluding hydrogens is 300 g/mol. The number of aliphatic hydroxyl groups excluding tert-OH is 1. The standard InChI is InChI=1S/C20H22N2O2/c1-11-14-8-12(9-17(11)23)20(2,3)22-18(14)19(24)15-10-21-16-7-5-4-6-13(15)16/h4-7,10,12,14,17,21,23H,1,8-9H2,2-3H3. The highest BCUT2D eigenvalue weighted by Crippen LogP contribution is 2.45. The maximum atomic E-state index is 13.2. The van der Waals surface area contributed by atoms with Crippen molar-refractivity contribution in [2.75, 3.05) is 0 Å². The van der Waals surface area contributed by atoms with Gasteiger partial charge in [0.1, 0.15) is 0 Å².